The van der Waals surface area contributed by atoms with E-state index in [1.807, 2.05) is 61.5 Å². The molecular formula is C25H23N3O4. The van der Waals surface area contributed by atoms with Crippen molar-refractivity contribution in [2.45, 2.75) is 13.1 Å². The molecule has 2 heterocycles. The lowest BCUT2D eigenvalue weighted by Crippen LogP contribution is -2.51. The normalized spacial score (nSPS) is 19.9. The van der Waals surface area contributed by atoms with Crippen LogP contribution in [-0.2, 0) is 4.74 Å². The molecule has 1 amide bonds. The predicted molar refractivity (Wildman–Crippen MR) is 123 cm³/mol. The van der Waals surface area contributed by atoms with E-state index in [0.29, 0.717) is 17.2 Å². The molecule has 0 fully saturated rings. The minimum Gasteiger partial charge on any atom is -0.622 e. The van der Waals surface area contributed by atoms with Crippen molar-refractivity contribution in [1.29, 1.82) is 0 Å². The largest absolute Gasteiger partial charge is 0.622 e. The third-order valence-electron chi connectivity index (χ3n) is 5.85. The van der Waals surface area contributed by atoms with Crippen LogP contribution in [0.3, 0.4) is 0 Å². The summed E-state index contributed by atoms with van der Waals surface area (Å²) in [5.41, 5.74) is 3.75. The number of methoxy groups -OCH3 is 1. The van der Waals surface area contributed by atoms with Crippen molar-refractivity contribution in [3.63, 3.8) is 0 Å². The summed E-state index contributed by atoms with van der Waals surface area (Å²) in [5.74, 6) is 0.911. The van der Waals surface area contributed by atoms with Crippen molar-refractivity contribution in [1.82, 2.24) is 10.3 Å². The van der Waals surface area contributed by atoms with Crippen molar-refractivity contribution in [3.8, 4) is 16.9 Å². The van der Waals surface area contributed by atoms with E-state index in [1.54, 1.807) is 19.3 Å². The van der Waals surface area contributed by atoms with Gasteiger partial charge in [-0.1, -0.05) is 42.5 Å². The molecule has 32 heavy (non-hydrogen) atoms. The van der Waals surface area contributed by atoms with Gasteiger partial charge in [-0.05, 0) is 36.8 Å². The fraction of sp³-hybridized carbons (Fsp3) is 0.200. The SMILES string of the molecule is COc1ccc(-c2cccc3cc(C(=O)NC4COC5=CC=CC(C)C5=[N+]4[O-])[nH]c23)cc1. The van der Waals surface area contributed by atoms with Crippen LogP contribution in [0.1, 0.15) is 17.4 Å². The Morgan fingerprint density at radius 3 is 2.84 bits per heavy atom. The Kier molecular flexibility index (Phi) is 4.93. The smallest absolute Gasteiger partial charge is 0.273 e. The quantitative estimate of drug-likeness (QED) is 0.485. The van der Waals surface area contributed by atoms with E-state index in [0.717, 1.165) is 32.5 Å². The highest BCUT2D eigenvalue weighted by molar-refractivity contribution is 6.02. The number of hydrogen-bond acceptors (Lipinski definition) is 4. The predicted octanol–water partition coefficient (Wildman–Crippen LogP) is 3.97. The Hall–Kier alpha value is -4.00. The van der Waals surface area contributed by atoms with Crippen molar-refractivity contribution >= 4 is 22.5 Å². The first-order valence-electron chi connectivity index (χ1n) is 10.5. The lowest BCUT2D eigenvalue weighted by Gasteiger charge is -2.29. The Bertz CT molecular complexity index is 1280. The van der Waals surface area contributed by atoms with Gasteiger partial charge in [0.25, 0.3) is 12.1 Å². The molecule has 1 aliphatic carbocycles. The Labute approximate surface area is 185 Å². The van der Waals surface area contributed by atoms with E-state index in [1.165, 1.54) is 0 Å². The number of para-hydroxylation sites is 1. The molecule has 0 saturated heterocycles. The number of amides is 1. The molecule has 7 nitrogen and oxygen atoms in total. The standard InChI is InChI=1S/C25H23N3O4/c1-15-5-3-8-21-24(15)28(30)22(14-32-21)27-25(29)20-13-17-6-4-7-19(23(17)26-20)16-9-11-18(31-2)12-10-16/h3-13,15,22,26H,14H2,1-2H3,(H,27,29). The van der Waals surface area contributed by atoms with Gasteiger partial charge in [0.15, 0.2) is 12.4 Å². The van der Waals surface area contributed by atoms with Crippen molar-refractivity contribution in [3.05, 3.63) is 83.4 Å². The molecule has 2 aliphatic rings. The van der Waals surface area contributed by atoms with Crippen LogP contribution in [0.15, 0.2) is 72.5 Å². The molecule has 2 aromatic carbocycles. The molecule has 0 saturated carbocycles. The number of carbonyl (C=O) groups excluding carboxylic acids is 1. The highest BCUT2D eigenvalue weighted by Gasteiger charge is 2.36. The van der Waals surface area contributed by atoms with Crippen LogP contribution in [0.2, 0.25) is 0 Å². The van der Waals surface area contributed by atoms with Gasteiger partial charge in [-0.25, -0.2) is 0 Å². The molecule has 2 atom stereocenters. The summed E-state index contributed by atoms with van der Waals surface area (Å²) >= 11 is 0. The molecular weight excluding hydrogens is 406 g/mol. The average Bonchev–Trinajstić information content (AvgIpc) is 3.26. The zero-order chi connectivity index (χ0) is 22.2. The molecule has 0 spiro atoms. The average molecular weight is 429 g/mol. The highest BCUT2D eigenvalue weighted by atomic mass is 16.5. The van der Waals surface area contributed by atoms with E-state index >= 15 is 0 Å². The summed E-state index contributed by atoms with van der Waals surface area (Å²) in [7, 11) is 1.63. The second kappa shape index (κ2) is 7.92. The molecule has 162 valence electrons. The zero-order valence-electron chi connectivity index (χ0n) is 17.8. The number of ether oxygens (including phenoxy) is 2. The Morgan fingerprint density at radius 2 is 2.06 bits per heavy atom. The summed E-state index contributed by atoms with van der Waals surface area (Å²) in [6, 6.07) is 15.4. The first-order chi connectivity index (χ1) is 15.5. The molecule has 2 N–H and O–H groups in total. The first-order valence-corrected chi connectivity index (χ1v) is 10.5. The minimum atomic E-state index is -0.795. The summed E-state index contributed by atoms with van der Waals surface area (Å²) < 4.78 is 11.8. The summed E-state index contributed by atoms with van der Waals surface area (Å²) in [6.07, 6.45) is 4.78. The monoisotopic (exact) mass is 429 g/mol. The number of aromatic amines is 1. The van der Waals surface area contributed by atoms with Gasteiger partial charge in [-0.15, -0.1) is 0 Å². The Morgan fingerprint density at radius 1 is 1.25 bits per heavy atom. The summed E-state index contributed by atoms with van der Waals surface area (Å²) in [4.78, 5) is 16.2. The zero-order valence-corrected chi connectivity index (χ0v) is 17.8. The van der Waals surface area contributed by atoms with E-state index in [9.17, 15) is 10.0 Å². The number of fused-ring (bicyclic) bond motifs is 2. The molecule has 1 aromatic heterocycles. The molecule has 0 radical (unpaired) electrons. The first kappa shape index (κ1) is 19.9. The number of hydrogen-bond donors (Lipinski definition) is 2. The second-order valence-corrected chi connectivity index (χ2v) is 7.90. The van der Waals surface area contributed by atoms with Crippen LogP contribution in [0.5, 0.6) is 5.75 Å². The number of hydroxylamine groups is 1. The van der Waals surface area contributed by atoms with Crippen molar-refractivity contribution in [2.24, 2.45) is 5.92 Å². The van der Waals surface area contributed by atoms with Gasteiger partial charge in [-0.2, -0.15) is 4.74 Å². The van der Waals surface area contributed by atoms with Crippen LogP contribution < -0.4 is 10.1 Å². The van der Waals surface area contributed by atoms with E-state index in [4.69, 9.17) is 9.47 Å². The molecule has 2 unspecified atom stereocenters. The van der Waals surface area contributed by atoms with Crippen LogP contribution >= 0.6 is 0 Å². The fourth-order valence-electron chi connectivity index (χ4n) is 4.17. The third kappa shape index (κ3) is 3.41. The van der Waals surface area contributed by atoms with Gasteiger partial charge >= 0.3 is 0 Å². The maximum absolute atomic E-state index is 13.0. The number of benzene rings is 2. The van der Waals surface area contributed by atoms with E-state index < -0.39 is 6.17 Å². The lowest BCUT2D eigenvalue weighted by atomic mass is 9.98. The lowest BCUT2D eigenvalue weighted by molar-refractivity contribution is -0.518. The number of rotatable bonds is 4. The number of H-pyrrole nitrogens is 1. The van der Waals surface area contributed by atoms with Crippen LogP contribution in [-0.4, -0.2) is 41.2 Å². The van der Waals surface area contributed by atoms with E-state index in [-0.39, 0.29) is 18.4 Å². The molecule has 7 heteroatoms. The van der Waals surface area contributed by atoms with E-state index in [2.05, 4.69) is 10.3 Å². The van der Waals surface area contributed by atoms with Crippen LogP contribution in [0.4, 0.5) is 0 Å². The Balaban J connectivity index is 1.43. The van der Waals surface area contributed by atoms with Crippen LogP contribution in [0.25, 0.3) is 22.0 Å². The van der Waals surface area contributed by atoms with Gasteiger partial charge in [0.2, 0.25) is 5.71 Å². The van der Waals surface area contributed by atoms with Gasteiger partial charge < -0.3 is 19.7 Å². The molecule has 5 rings (SSSR count). The summed E-state index contributed by atoms with van der Waals surface area (Å²) in [6.45, 7) is 2.01. The van der Waals surface area contributed by atoms with Gasteiger partial charge in [0, 0.05) is 10.9 Å². The number of carbonyl (C=O) groups is 1. The van der Waals surface area contributed by atoms with Gasteiger partial charge in [-0.3, -0.25) is 10.1 Å². The molecule has 0 bridgehead atoms. The maximum atomic E-state index is 13.0. The number of nitrogens with one attached hydrogen (secondary N) is 2. The van der Waals surface area contributed by atoms with Crippen molar-refractivity contribution < 1.29 is 19.0 Å². The van der Waals surface area contributed by atoms with Gasteiger partial charge in [0.1, 0.15) is 11.4 Å². The number of nitrogens with zero attached hydrogens (tertiary/aromatic N) is 1. The topological polar surface area (TPSA) is 89.4 Å². The molecule has 1 aliphatic heterocycles. The number of aromatic nitrogens is 1. The van der Waals surface area contributed by atoms with Gasteiger partial charge in [0.05, 0.1) is 18.5 Å². The minimum absolute atomic E-state index is 0.0765. The maximum Gasteiger partial charge on any atom is 0.273 e. The second-order valence-electron chi connectivity index (χ2n) is 7.90. The summed E-state index contributed by atoms with van der Waals surface area (Å²) in [5, 5.41) is 16.6. The van der Waals surface area contributed by atoms with Crippen molar-refractivity contribution in [2.75, 3.05) is 13.7 Å². The van der Waals surface area contributed by atoms with Crippen LogP contribution in [0, 0.1) is 11.1 Å². The third-order valence-corrected chi connectivity index (χ3v) is 5.85. The number of allylic oxidation sites excluding steroid dienone is 4. The fourth-order valence-corrected chi connectivity index (χ4v) is 4.17. The molecule has 3 aromatic rings. The highest BCUT2D eigenvalue weighted by Crippen LogP contribution is 2.30.